The summed E-state index contributed by atoms with van der Waals surface area (Å²) in [7, 11) is 1.81. The van der Waals surface area contributed by atoms with Gasteiger partial charge in [-0.3, -0.25) is 9.59 Å². The van der Waals surface area contributed by atoms with E-state index in [9.17, 15) is 14.7 Å². The summed E-state index contributed by atoms with van der Waals surface area (Å²) in [6.07, 6.45) is 3.96. The monoisotopic (exact) mass is 473 g/mol. The van der Waals surface area contributed by atoms with Gasteiger partial charge in [0, 0.05) is 36.3 Å². The van der Waals surface area contributed by atoms with Crippen LogP contribution in [0.1, 0.15) is 36.3 Å². The number of carbonyl (C=O) groups excluding carboxylic acids is 2. The number of hydrogen-bond acceptors (Lipinski definition) is 6. The predicted molar refractivity (Wildman–Crippen MR) is 130 cm³/mol. The molecule has 0 spiro atoms. The molecule has 3 heterocycles. The third kappa shape index (κ3) is 4.06. The minimum atomic E-state index is -0.253. The van der Waals surface area contributed by atoms with Gasteiger partial charge in [-0.15, -0.1) is 11.3 Å². The van der Waals surface area contributed by atoms with E-state index in [0.29, 0.717) is 23.8 Å². The minimum Gasteiger partial charge on any atom is -0.508 e. The Hall–Kier alpha value is -3.98. The molecule has 2 aromatic heterocycles. The number of amides is 2. The zero-order valence-electron chi connectivity index (χ0n) is 18.8. The van der Waals surface area contributed by atoms with Gasteiger partial charge in [-0.25, -0.2) is 9.97 Å². The Balaban J connectivity index is 1.34. The highest BCUT2D eigenvalue weighted by Crippen LogP contribution is 2.35. The fourth-order valence-corrected chi connectivity index (χ4v) is 5.00. The maximum atomic E-state index is 13.0. The third-order valence-corrected chi connectivity index (χ3v) is 6.85. The first-order chi connectivity index (χ1) is 16.4. The van der Waals surface area contributed by atoms with E-state index in [4.69, 9.17) is 0 Å². The van der Waals surface area contributed by atoms with Crippen molar-refractivity contribution >= 4 is 28.8 Å². The van der Waals surface area contributed by atoms with Crippen molar-refractivity contribution in [2.45, 2.75) is 19.9 Å². The van der Waals surface area contributed by atoms with Crippen molar-refractivity contribution < 1.29 is 14.7 Å². The standard InChI is InChI=1S/C25H23N5O3S/c1-15-22(28-24(34-15)23(32)27-12-16-4-3-5-19(31)10-16)18-6-7-20-17(11-18)8-9-30(20)25(33)21-13-26-14-29(21)2/h3-7,10-11,13-14,31H,8-9,12H2,1-2H3,(H,27,32). The lowest BCUT2D eigenvalue weighted by Gasteiger charge is -2.17. The first-order valence-electron chi connectivity index (χ1n) is 10.9. The molecular weight excluding hydrogens is 450 g/mol. The predicted octanol–water partition coefficient (Wildman–Crippen LogP) is 3.69. The van der Waals surface area contributed by atoms with Crippen molar-refractivity contribution in [1.29, 1.82) is 0 Å². The summed E-state index contributed by atoms with van der Waals surface area (Å²) in [6.45, 7) is 2.87. The molecule has 5 rings (SSSR count). The van der Waals surface area contributed by atoms with Crippen molar-refractivity contribution in [1.82, 2.24) is 19.9 Å². The second kappa shape index (κ2) is 8.75. The lowest BCUT2D eigenvalue weighted by molar-refractivity contribution is 0.0948. The van der Waals surface area contributed by atoms with E-state index in [2.05, 4.69) is 21.4 Å². The summed E-state index contributed by atoms with van der Waals surface area (Å²) in [5.74, 6) is -0.157. The highest BCUT2D eigenvalue weighted by Gasteiger charge is 2.28. The molecule has 0 saturated carbocycles. The summed E-state index contributed by atoms with van der Waals surface area (Å²) in [6, 6.07) is 12.7. The van der Waals surface area contributed by atoms with Crippen LogP contribution in [0, 0.1) is 6.92 Å². The molecule has 0 aliphatic carbocycles. The highest BCUT2D eigenvalue weighted by atomic mass is 32.1. The first-order valence-corrected chi connectivity index (χ1v) is 11.7. The van der Waals surface area contributed by atoms with Gasteiger partial charge in [-0.2, -0.15) is 0 Å². The number of fused-ring (bicyclic) bond motifs is 1. The number of anilines is 1. The van der Waals surface area contributed by atoms with Gasteiger partial charge >= 0.3 is 0 Å². The lowest BCUT2D eigenvalue weighted by Crippen LogP contribution is -2.30. The Bertz CT molecular complexity index is 1410. The molecule has 34 heavy (non-hydrogen) atoms. The molecule has 8 nitrogen and oxygen atoms in total. The molecule has 2 aromatic carbocycles. The van der Waals surface area contributed by atoms with Gasteiger partial charge in [-0.1, -0.05) is 18.2 Å². The molecule has 4 aromatic rings. The van der Waals surface area contributed by atoms with Crippen molar-refractivity contribution in [3.8, 4) is 17.0 Å². The number of aromatic nitrogens is 3. The zero-order valence-corrected chi connectivity index (χ0v) is 19.6. The summed E-state index contributed by atoms with van der Waals surface area (Å²) >= 11 is 1.35. The number of aryl methyl sites for hydroxylation is 2. The largest absolute Gasteiger partial charge is 0.508 e. The van der Waals surface area contributed by atoms with Crippen LogP contribution < -0.4 is 10.2 Å². The molecule has 0 saturated heterocycles. The molecule has 2 amide bonds. The van der Waals surface area contributed by atoms with Crippen LogP contribution in [-0.4, -0.2) is 38.0 Å². The van der Waals surface area contributed by atoms with Gasteiger partial charge in [0.15, 0.2) is 5.01 Å². The van der Waals surface area contributed by atoms with E-state index in [1.807, 2.05) is 32.2 Å². The first kappa shape index (κ1) is 21.8. The van der Waals surface area contributed by atoms with Crippen LogP contribution in [0.15, 0.2) is 55.0 Å². The summed E-state index contributed by atoms with van der Waals surface area (Å²) in [5, 5.41) is 12.8. The molecule has 0 bridgehead atoms. The van der Waals surface area contributed by atoms with Crippen LogP contribution in [0.2, 0.25) is 0 Å². The van der Waals surface area contributed by atoms with Gasteiger partial charge in [0.1, 0.15) is 11.4 Å². The van der Waals surface area contributed by atoms with E-state index in [0.717, 1.165) is 39.4 Å². The Kier molecular flexibility index (Phi) is 5.62. The van der Waals surface area contributed by atoms with Gasteiger partial charge in [0.05, 0.1) is 18.2 Å². The van der Waals surface area contributed by atoms with Crippen molar-refractivity contribution in [2.75, 3.05) is 11.4 Å². The van der Waals surface area contributed by atoms with Crippen LogP contribution in [0.5, 0.6) is 5.75 Å². The topological polar surface area (TPSA) is 100 Å². The number of aromatic hydroxyl groups is 1. The van der Waals surface area contributed by atoms with Crippen LogP contribution in [0.3, 0.4) is 0 Å². The Morgan fingerprint density at radius 1 is 1.21 bits per heavy atom. The number of phenolic OH excluding ortho intramolecular Hbond substituents is 1. The van der Waals surface area contributed by atoms with Crippen molar-refractivity contribution in [3.63, 3.8) is 0 Å². The quantitative estimate of drug-likeness (QED) is 0.461. The minimum absolute atomic E-state index is 0.0676. The molecule has 0 atom stereocenters. The molecule has 9 heteroatoms. The van der Waals surface area contributed by atoms with Gasteiger partial charge < -0.3 is 19.9 Å². The third-order valence-electron chi connectivity index (χ3n) is 5.88. The van der Waals surface area contributed by atoms with E-state index < -0.39 is 0 Å². The number of thiazole rings is 1. The molecule has 0 unspecified atom stereocenters. The van der Waals surface area contributed by atoms with Crippen LogP contribution in [0.25, 0.3) is 11.3 Å². The van der Waals surface area contributed by atoms with Crippen molar-refractivity contribution in [3.05, 3.63) is 81.7 Å². The molecule has 1 aliphatic rings. The second-order valence-corrected chi connectivity index (χ2v) is 9.42. The average molecular weight is 474 g/mol. The van der Waals surface area contributed by atoms with Crippen LogP contribution in [-0.2, 0) is 20.0 Å². The SMILES string of the molecule is Cc1sc(C(=O)NCc2cccc(O)c2)nc1-c1ccc2c(c1)CCN2C(=O)c1cncn1C. The maximum absolute atomic E-state index is 13.0. The maximum Gasteiger partial charge on any atom is 0.280 e. The molecule has 1 aliphatic heterocycles. The smallest absolute Gasteiger partial charge is 0.280 e. The second-order valence-electron chi connectivity index (χ2n) is 8.22. The number of carbonyl (C=O) groups is 2. The molecule has 172 valence electrons. The summed E-state index contributed by atoms with van der Waals surface area (Å²) in [4.78, 5) is 37.0. The molecular formula is C25H23N5O3S. The number of imidazole rings is 1. The van der Waals surface area contributed by atoms with Crippen molar-refractivity contribution in [2.24, 2.45) is 7.05 Å². The lowest BCUT2D eigenvalue weighted by atomic mass is 10.1. The summed E-state index contributed by atoms with van der Waals surface area (Å²) < 4.78 is 1.72. The normalized spacial score (nSPS) is 12.6. The number of nitrogens with one attached hydrogen (secondary N) is 1. The Morgan fingerprint density at radius 2 is 2.06 bits per heavy atom. The average Bonchev–Trinajstić information content (AvgIpc) is 3.54. The summed E-state index contributed by atoms with van der Waals surface area (Å²) in [5.41, 5.74) is 5.03. The van der Waals surface area contributed by atoms with Crippen LogP contribution in [0.4, 0.5) is 5.69 Å². The highest BCUT2D eigenvalue weighted by molar-refractivity contribution is 7.14. The fourth-order valence-electron chi connectivity index (χ4n) is 4.15. The van der Waals surface area contributed by atoms with E-state index in [-0.39, 0.29) is 17.6 Å². The van der Waals surface area contributed by atoms with Gasteiger partial charge in [0.25, 0.3) is 11.8 Å². The Morgan fingerprint density at radius 3 is 2.82 bits per heavy atom. The number of benzene rings is 2. The Labute approximate surface area is 200 Å². The van der Waals surface area contributed by atoms with Crippen LogP contribution >= 0.6 is 11.3 Å². The molecule has 0 fully saturated rings. The molecule has 0 radical (unpaired) electrons. The number of nitrogens with zero attached hydrogens (tertiary/aromatic N) is 4. The fraction of sp³-hybridized carbons (Fsp3) is 0.200. The number of hydrogen-bond donors (Lipinski definition) is 2. The van der Waals surface area contributed by atoms with E-state index in [1.165, 1.54) is 11.3 Å². The van der Waals surface area contributed by atoms with Gasteiger partial charge in [-0.05, 0) is 48.7 Å². The zero-order chi connectivity index (χ0) is 23.8. The molecule has 2 N–H and O–H groups in total. The number of rotatable bonds is 5. The number of phenols is 1. The van der Waals surface area contributed by atoms with E-state index in [1.54, 1.807) is 40.2 Å². The van der Waals surface area contributed by atoms with E-state index >= 15 is 0 Å². The van der Waals surface area contributed by atoms with Gasteiger partial charge in [0.2, 0.25) is 0 Å².